The van der Waals surface area contributed by atoms with Gasteiger partial charge in [0, 0.05) is 13.0 Å². The van der Waals surface area contributed by atoms with Gasteiger partial charge in [0.05, 0.1) is 13.2 Å². The van der Waals surface area contributed by atoms with Crippen molar-refractivity contribution in [2.75, 3.05) is 19.7 Å². The number of aromatic hydroxyl groups is 1. The molecule has 2 amide bonds. The molecule has 0 saturated heterocycles. The largest absolute Gasteiger partial charge is 0.508 e. The van der Waals surface area contributed by atoms with Gasteiger partial charge in [-0.3, -0.25) is 0 Å². The summed E-state index contributed by atoms with van der Waals surface area (Å²) in [5.41, 5.74) is 0.618. The first-order valence-corrected chi connectivity index (χ1v) is 9.04. The molecule has 156 valence electrons. The lowest BCUT2D eigenvalue weighted by Gasteiger charge is -2.28. The van der Waals surface area contributed by atoms with Crippen LogP contribution in [0.15, 0.2) is 24.3 Å². The molecule has 0 aliphatic heterocycles. The number of aliphatic hydroxyl groups is 1. The van der Waals surface area contributed by atoms with Gasteiger partial charge in [-0.15, -0.1) is 0 Å². The molecule has 0 heterocycles. The maximum absolute atomic E-state index is 12.6. The van der Waals surface area contributed by atoms with Crippen LogP contribution in [0.25, 0.3) is 0 Å². The van der Waals surface area contributed by atoms with E-state index in [1.165, 1.54) is 17.0 Å². The van der Waals surface area contributed by atoms with Gasteiger partial charge in [-0.1, -0.05) is 26.0 Å². The summed E-state index contributed by atoms with van der Waals surface area (Å²) in [7, 11) is 0. The lowest BCUT2D eigenvalue weighted by molar-refractivity contribution is -0.153. The van der Waals surface area contributed by atoms with Gasteiger partial charge >= 0.3 is 18.0 Å². The van der Waals surface area contributed by atoms with Gasteiger partial charge in [0.25, 0.3) is 0 Å². The molecule has 0 fully saturated rings. The summed E-state index contributed by atoms with van der Waals surface area (Å²) >= 11 is 0. The number of carboxylic acid groups (broad SMARTS) is 1. The Hall–Kier alpha value is -2.81. The topological polar surface area (TPSA) is 136 Å². The Morgan fingerprint density at radius 2 is 1.75 bits per heavy atom. The van der Waals surface area contributed by atoms with Gasteiger partial charge in [-0.2, -0.15) is 0 Å². The zero-order valence-electron chi connectivity index (χ0n) is 16.3. The Morgan fingerprint density at radius 3 is 2.25 bits per heavy atom. The van der Waals surface area contributed by atoms with Crippen LogP contribution in [-0.2, 0) is 20.7 Å². The SMILES string of the molecule is CCOC(=O)[C@@H](O)CN(CC(C)C)C(=O)N[C@@H](Cc1ccc(O)cc1)C(=O)O. The van der Waals surface area contributed by atoms with Crippen molar-refractivity contribution in [3.05, 3.63) is 29.8 Å². The minimum atomic E-state index is -1.52. The molecule has 0 spiro atoms. The molecule has 0 aliphatic rings. The van der Waals surface area contributed by atoms with Crippen LogP contribution in [0.4, 0.5) is 4.79 Å². The predicted octanol–water partition coefficient (Wildman–Crippen LogP) is 0.979. The summed E-state index contributed by atoms with van der Waals surface area (Å²) in [6, 6.07) is 4.06. The number of phenols is 1. The smallest absolute Gasteiger partial charge is 0.336 e. The van der Waals surface area contributed by atoms with Gasteiger partial charge in [-0.25, -0.2) is 14.4 Å². The Labute approximate surface area is 163 Å². The number of carbonyl (C=O) groups excluding carboxylic acids is 2. The summed E-state index contributed by atoms with van der Waals surface area (Å²) in [6.07, 6.45) is -1.51. The van der Waals surface area contributed by atoms with Crippen molar-refractivity contribution in [2.24, 2.45) is 5.92 Å². The number of urea groups is 1. The van der Waals surface area contributed by atoms with E-state index in [0.29, 0.717) is 5.56 Å². The Balaban J connectivity index is 2.85. The number of hydrogen-bond donors (Lipinski definition) is 4. The van der Waals surface area contributed by atoms with Crippen molar-refractivity contribution in [3.63, 3.8) is 0 Å². The third-order valence-corrected chi connectivity index (χ3v) is 3.80. The Morgan fingerprint density at radius 1 is 1.14 bits per heavy atom. The molecule has 0 aromatic heterocycles. The third-order valence-electron chi connectivity index (χ3n) is 3.80. The minimum Gasteiger partial charge on any atom is -0.508 e. The van der Waals surface area contributed by atoms with E-state index >= 15 is 0 Å². The molecule has 1 aromatic carbocycles. The number of hydrogen-bond acceptors (Lipinski definition) is 6. The second kappa shape index (κ2) is 11.1. The van der Waals surface area contributed by atoms with E-state index in [4.69, 9.17) is 4.74 Å². The molecular weight excluding hydrogens is 368 g/mol. The third kappa shape index (κ3) is 7.83. The summed E-state index contributed by atoms with van der Waals surface area (Å²) in [5.74, 6) is -1.99. The molecule has 0 radical (unpaired) electrons. The number of carboxylic acids is 1. The van der Waals surface area contributed by atoms with Crippen molar-refractivity contribution in [3.8, 4) is 5.75 Å². The minimum absolute atomic E-state index is 0.0112. The van der Waals surface area contributed by atoms with E-state index in [-0.39, 0.29) is 37.8 Å². The number of esters is 1. The van der Waals surface area contributed by atoms with Gasteiger partial charge < -0.3 is 30.3 Å². The number of nitrogens with one attached hydrogen (secondary N) is 1. The number of nitrogens with zero attached hydrogens (tertiary/aromatic N) is 1. The Kier molecular flexibility index (Phi) is 9.23. The lowest BCUT2D eigenvalue weighted by Crippen LogP contribution is -2.52. The summed E-state index contributed by atoms with van der Waals surface area (Å²) in [6.45, 7) is 5.30. The highest BCUT2D eigenvalue weighted by Gasteiger charge is 2.27. The molecule has 1 aromatic rings. The van der Waals surface area contributed by atoms with Crippen molar-refractivity contribution in [1.29, 1.82) is 0 Å². The fraction of sp³-hybridized carbons (Fsp3) is 0.526. The van der Waals surface area contributed by atoms with Crippen LogP contribution in [-0.4, -0.2) is 70.0 Å². The highest BCUT2D eigenvalue weighted by Crippen LogP contribution is 2.12. The number of aliphatic carboxylic acids is 1. The fourth-order valence-electron chi connectivity index (χ4n) is 2.51. The second-order valence-corrected chi connectivity index (χ2v) is 6.78. The van der Waals surface area contributed by atoms with Gasteiger partial charge in [0.2, 0.25) is 0 Å². The number of rotatable bonds is 10. The summed E-state index contributed by atoms with van der Waals surface area (Å²) in [5, 5.41) is 31.1. The average molecular weight is 396 g/mol. The first kappa shape index (κ1) is 23.2. The zero-order valence-corrected chi connectivity index (χ0v) is 16.3. The highest BCUT2D eigenvalue weighted by atomic mass is 16.5. The molecule has 0 aliphatic carbocycles. The van der Waals surface area contributed by atoms with E-state index in [0.717, 1.165) is 0 Å². The molecule has 0 unspecified atom stereocenters. The molecule has 4 N–H and O–H groups in total. The van der Waals surface area contributed by atoms with Crippen molar-refractivity contribution in [1.82, 2.24) is 10.2 Å². The summed E-state index contributed by atoms with van der Waals surface area (Å²) in [4.78, 5) is 37.0. The molecular formula is C19H28N2O7. The molecule has 9 heteroatoms. The van der Waals surface area contributed by atoms with Gasteiger partial charge in [0.15, 0.2) is 6.10 Å². The molecule has 0 saturated carbocycles. The zero-order chi connectivity index (χ0) is 21.3. The molecule has 0 bridgehead atoms. The van der Waals surface area contributed by atoms with Crippen LogP contribution >= 0.6 is 0 Å². The molecule has 1 rings (SSSR count). The van der Waals surface area contributed by atoms with Gasteiger partial charge in [0.1, 0.15) is 11.8 Å². The Bertz CT molecular complexity index is 661. The molecule has 9 nitrogen and oxygen atoms in total. The first-order chi connectivity index (χ1) is 13.1. The van der Waals surface area contributed by atoms with E-state index in [9.17, 15) is 29.7 Å². The molecule has 28 heavy (non-hydrogen) atoms. The van der Waals surface area contributed by atoms with Crippen LogP contribution in [0.1, 0.15) is 26.3 Å². The number of benzene rings is 1. The van der Waals surface area contributed by atoms with E-state index in [1.54, 1.807) is 19.1 Å². The standard InChI is InChI=1S/C19H28N2O7/c1-4-28-18(26)16(23)11-21(10-12(2)3)19(27)20-15(17(24)25)9-13-5-7-14(22)8-6-13/h5-8,12,15-16,22-23H,4,9-11H2,1-3H3,(H,20,27)(H,24,25)/t15-,16-/m0/s1. The van der Waals surface area contributed by atoms with Crippen LogP contribution in [0, 0.1) is 5.92 Å². The number of ether oxygens (including phenoxy) is 1. The lowest BCUT2D eigenvalue weighted by atomic mass is 10.1. The first-order valence-electron chi connectivity index (χ1n) is 9.04. The van der Waals surface area contributed by atoms with Crippen molar-refractivity contribution in [2.45, 2.75) is 39.3 Å². The second-order valence-electron chi connectivity index (χ2n) is 6.78. The monoisotopic (exact) mass is 396 g/mol. The predicted molar refractivity (Wildman–Crippen MR) is 101 cm³/mol. The van der Waals surface area contributed by atoms with Crippen LogP contribution in [0.2, 0.25) is 0 Å². The van der Waals surface area contributed by atoms with Crippen LogP contribution < -0.4 is 5.32 Å². The summed E-state index contributed by atoms with van der Waals surface area (Å²) < 4.78 is 4.74. The van der Waals surface area contributed by atoms with E-state index in [1.807, 2.05) is 13.8 Å². The fourth-order valence-corrected chi connectivity index (χ4v) is 2.51. The van der Waals surface area contributed by atoms with Crippen molar-refractivity contribution < 1.29 is 34.4 Å². The van der Waals surface area contributed by atoms with Crippen LogP contribution in [0.3, 0.4) is 0 Å². The number of carbonyl (C=O) groups is 3. The number of aliphatic hydroxyl groups excluding tert-OH is 1. The van der Waals surface area contributed by atoms with Crippen LogP contribution in [0.5, 0.6) is 5.75 Å². The van der Waals surface area contributed by atoms with E-state index < -0.39 is 30.1 Å². The maximum Gasteiger partial charge on any atom is 0.336 e. The maximum atomic E-state index is 12.6. The van der Waals surface area contributed by atoms with Gasteiger partial charge in [-0.05, 0) is 30.5 Å². The average Bonchev–Trinajstić information content (AvgIpc) is 2.61. The number of phenolic OH excluding ortho intramolecular Hbond substituents is 1. The number of amides is 2. The molecule has 2 atom stereocenters. The highest BCUT2D eigenvalue weighted by molar-refractivity contribution is 5.83. The van der Waals surface area contributed by atoms with Crippen molar-refractivity contribution >= 4 is 18.0 Å². The quantitative estimate of drug-likeness (QED) is 0.433. The van der Waals surface area contributed by atoms with E-state index in [2.05, 4.69) is 5.32 Å². The normalized spacial score (nSPS) is 12.9.